The summed E-state index contributed by atoms with van der Waals surface area (Å²) in [7, 11) is 1.59. The zero-order chi connectivity index (χ0) is 12.3. The summed E-state index contributed by atoms with van der Waals surface area (Å²) < 4.78 is 6.35. The molecule has 1 heterocycles. The van der Waals surface area contributed by atoms with Gasteiger partial charge in [-0.3, -0.25) is 9.55 Å². The van der Waals surface area contributed by atoms with Gasteiger partial charge in [-0.15, -0.1) is 0 Å². The third-order valence-corrected chi connectivity index (χ3v) is 2.30. The van der Waals surface area contributed by atoms with Gasteiger partial charge in [-0.25, -0.2) is 9.59 Å². The molecule has 2 aromatic rings. The zero-order valence-electron chi connectivity index (χ0n) is 9.21. The van der Waals surface area contributed by atoms with Gasteiger partial charge in [0.15, 0.2) is 0 Å². The molecular weight excluding hydrogens is 222 g/mol. The van der Waals surface area contributed by atoms with E-state index in [0.29, 0.717) is 6.54 Å². The number of hydrogen-bond donors (Lipinski definition) is 1. The number of ether oxygens (including phenoxy) is 1. The second-order valence-corrected chi connectivity index (χ2v) is 3.46. The first-order valence-corrected chi connectivity index (χ1v) is 4.98. The number of H-pyrrole nitrogens is 1. The van der Waals surface area contributed by atoms with Gasteiger partial charge in [0.1, 0.15) is 12.1 Å². The lowest BCUT2D eigenvalue weighted by Crippen LogP contribution is -2.31. The SMILES string of the molecule is COc1ccc(Cn2cnc(=O)[nH]c2=O)cc1. The van der Waals surface area contributed by atoms with E-state index in [1.807, 2.05) is 12.1 Å². The highest BCUT2D eigenvalue weighted by molar-refractivity contribution is 5.27. The Morgan fingerprint density at radius 1 is 1.29 bits per heavy atom. The number of methoxy groups -OCH3 is 1. The molecule has 0 bridgehead atoms. The van der Waals surface area contributed by atoms with Crippen molar-refractivity contribution >= 4 is 0 Å². The molecule has 0 atom stereocenters. The summed E-state index contributed by atoms with van der Waals surface area (Å²) in [5, 5.41) is 0. The Bertz CT molecular complexity index is 613. The lowest BCUT2D eigenvalue weighted by Gasteiger charge is -2.05. The highest BCUT2D eigenvalue weighted by atomic mass is 16.5. The molecule has 2 rings (SSSR count). The van der Waals surface area contributed by atoms with Crippen molar-refractivity contribution in [3.8, 4) is 5.75 Å². The van der Waals surface area contributed by atoms with Gasteiger partial charge in [-0.2, -0.15) is 4.98 Å². The van der Waals surface area contributed by atoms with Crippen LogP contribution in [0.15, 0.2) is 40.2 Å². The maximum absolute atomic E-state index is 11.4. The van der Waals surface area contributed by atoms with Crippen LogP contribution in [-0.2, 0) is 6.54 Å². The fourth-order valence-corrected chi connectivity index (χ4v) is 1.41. The van der Waals surface area contributed by atoms with E-state index in [4.69, 9.17) is 4.74 Å². The zero-order valence-corrected chi connectivity index (χ0v) is 9.21. The van der Waals surface area contributed by atoms with Crippen molar-refractivity contribution in [2.24, 2.45) is 0 Å². The summed E-state index contributed by atoms with van der Waals surface area (Å²) in [5.41, 5.74) is -0.191. The van der Waals surface area contributed by atoms with Crippen molar-refractivity contribution < 1.29 is 4.74 Å². The van der Waals surface area contributed by atoms with Gasteiger partial charge in [0.25, 0.3) is 0 Å². The largest absolute Gasteiger partial charge is 0.497 e. The predicted octanol–water partition coefficient (Wildman–Crippen LogP) is -0.0115. The van der Waals surface area contributed by atoms with E-state index in [1.54, 1.807) is 19.2 Å². The van der Waals surface area contributed by atoms with Gasteiger partial charge in [0.05, 0.1) is 13.7 Å². The van der Waals surface area contributed by atoms with Crippen LogP contribution in [-0.4, -0.2) is 21.6 Å². The van der Waals surface area contributed by atoms with Crippen LogP contribution in [0.1, 0.15) is 5.56 Å². The minimum absolute atomic E-state index is 0.354. The molecule has 0 radical (unpaired) electrons. The average Bonchev–Trinajstić information content (AvgIpc) is 2.34. The Morgan fingerprint density at radius 3 is 2.59 bits per heavy atom. The van der Waals surface area contributed by atoms with Gasteiger partial charge in [-0.1, -0.05) is 12.1 Å². The number of benzene rings is 1. The summed E-state index contributed by atoms with van der Waals surface area (Å²) in [4.78, 5) is 27.8. The van der Waals surface area contributed by atoms with E-state index in [2.05, 4.69) is 9.97 Å². The van der Waals surface area contributed by atoms with E-state index in [1.165, 1.54) is 10.9 Å². The smallest absolute Gasteiger partial charge is 0.350 e. The highest BCUT2D eigenvalue weighted by Crippen LogP contribution is 2.11. The first-order valence-electron chi connectivity index (χ1n) is 4.98. The van der Waals surface area contributed by atoms with Crippen molar-refractivity contribution in [2.75, 3.05) is 7.11 Å². The van der Waals surface area contributed by atoms with E-state index < -0.39 is 11.4 Å². The first-order chi connectivity index (χ1) is 8.19. The molecule has 0 aliphatic heterocycles. The normalized spacial score (nSPS) is 10.2. The molecule has 0 aliphatic rings. The lowest BCUT2D eigenvalue weighted by atomic mass is 10.2. The molecule has 0 fully saturated rings. The first kappa shape index (κ1) is 11.1. The van der Waals surface area contributed by atoms with Crippen LogP contribution in [0.2, 0.25) is 0 Å². The Kier molecular flexibility index (Phi) is 3.04. The molecular formula is C11H11N3O3. The minimum atomic E-state index is -0.638. The molecule has 0 amide bonds. The summed E-state index contributed by atoms with van der Waals surface area (Å²) in [5.74, 6) is 0.751. The number of aromatic nitrogens is 3. The highest BCUT2D eigenvalue weighted by Gasteiger charge is 1.99. The van der Waals surface area contributed by atoms with E-state index in [9.17, 15) is 9.59 Å². The van der Waals surface area contributed by atoms with Crippen LogP contribution in [0, 0.1) is 0 Å². The Hall–Kier alpha value is -2.37. The maximum Gasteiger partial charge on any atom is 0.350 e. The van der Waals surface area contributed by atoms with Gasteiger partial charge >= 0.3 is 11.4 Å². The summed E-state index contributed by atoms with van der Waals surface area (Å²) in [6, 6.07) is 7.30. The van der Waals surface area contributed by atoms with Gasteiger partial charge in [0, 0.05) is 0 Å². The molecule has 6 nitrogen and oxygen atoms in total. The van der Waals surface area contributed by atoms with Gasteiger partial charge < -0.3 is 4.74 Å². The van der Waals surface area contributed by atoms with E-state index >= 15 is 0 Å². The maximum atomic E-state index is 11.4. The molecule has 0 unspecified atom stereocenters. The molecule has 0 saturated carbocycles. The molecule has 0 spiro atoms. The van der Waals surface area contributed by atoms with Crippen LogP contribution >= 0.6 is 0 Å². The van der Waals surface area contributed by atoms with Crippen LogP contribution in [0.5, 0.6) is 5.75 Å². The molecule has 17 heavy (non-hydrogen) atoms. The number of hydrogen-bond acceptors (Lipinski definition) is 4. The van der Waals surface area contributed by atoms with Crippen molar-refractivity contribution in [1.82, 2.24) is 14.5 Å². The lowest BCUT2D eigenvalue weighted by molar-refractivity contribution is 0.414. The van der Waals surface area contributed by atoms with Crippen molar-refractivity contribution in [3.05, 3.63) is 57.1 Å². The second kappa shape index (κ2) is 4.65. The molecule has 88 valence electrons. The number of rotatable bonds is 3. The predicted molar refractivity (Wildman–Crippen MR) is 61.2 cm³/mol. The van der Waals surface area contributed by atoms with Gasteiger partial charge in [-0.05, 0) is 17.7 Å². The quantitative estimate of drug-likeness (QED) is 0.808. The van der Waals surface area contributed by atoms with Crippen LogP contribution < -0.4 is 16.1 Å². The minimum Gasteiger partial charge on any atom is -0.497 e. The second-order valence-electron chi connectivity index (χ2n) is 3.46. The van der Waals surface area contributed by atoms with Crippen LogP contribution in [0.3, 0.4) is 0 Å². The third kappa shape index (κ3) is 2.60. The molecule has 1 aromatic heterocycles. The molecule has 6 heteroatoms. The van der Waals surface area contributed by atoms with Crippen molar-refractivity contribution in [1.29, 1.82) is 0 Å². The fourth-order valence-electron chi connectivity index (χ4n) is 1.41. The Labute approximate surface area is 96.5 Å². The number of nitrogens with one attached hydrogen (secondary N) is 1. The fraction of sp³-hybridized carbons (Fsp3) is 0.182. The Balaban J connectivity index is 2.25. The third-order valence-electron chi connectivity index (χ3n) is 2.30. The van der Waals surface area contributed by atoms with E-state index in [0.717, 1.165) is 11.3 Å². The average molecular weight is 233 g/mol. The summed E-state index contributed by atoms with van der Waals surface area (Å²) in [6.45, 7) is 0.354. The molecule has 0 saturated heterocycles. The Morgan fingerprint density at radius 2 is 2.00 bits per heavy atom. The van der Waals surface area contributed by atoms with Gasteiger partial charge in [0.2, 0.25) is 0 Å². The van der Waals surface area contributed by atoms with Crippen LogP contribution in [0.4, 0.5) is 0 Å². The van der Waals surface area contributed by atoms with E-state index in [-0.39, 0.29) is 0 Å². The summed E-state index contributed by atoms with van der Waals surface area (Å²) >= 11 is 0. The summed E-state index contributed by atoms with van der Waals surface area (Å²) in [6.07, 6.45) is 1.23. The monoisotopic (exact) mass is 233 g/mol. The molecule has 1 N–H and O–H groups in total. The number of nitrogens with zero attached hydrogens (tertiary/aromatic N) is 2. The molecule has 0 aliphatic carbocycles. The van der Waals surface area contributed by atoms with Crippen molar-refractivity contribution in [2.45, 2.75) is 6.54 Å². The molecule has 1 aromatic carbocycles. The topological polar surface area (TPSA) is 77.0 Å². The van der Waals surface area contributed by atoms with Crippen LogP contribution in [0.25, 0.3) is 0 Å². The van der Waals surface area contributed by atoms with Crippen molar-refractivity contribution in [3.63, 3.8) is 0 Å². The number of aromatic amines is 1. The standard InChI is InChI=1S/C11H11N3O3/c1-17-9-4-2-8(3-5-9)6-14-7-12-10(15)13-11(14)16/h2-5,7H,6H2,1H3,(H,13,15,16).